The second-order valence-corrected chi connectivity index (χ2v) is 6.73. The van der Waals surface area contributed by atoms with Crippen LogP contribution in [0.4, 0.5) is 0 Å². The quantitative estimate of drug-likeness (QED) is 0.633. The van der Waals surface area contributed by atoms with Crippen molar-refractivity contribution >= 4 is 50.9 Å². The van der Waals surface area contributed by atoms with Crippen LogP contribution in [0, 0.1) is 0 Å². The minimum absolute atomic E-state index is 0.0581. The molecular weight excluding hydrogens is 279 g/mol. The second-order valence-electron chi connectivity index (χ2n) is 2.85. The van der Waals surface area contributed by atoms with Gasteiger partial charge in [0.2, 0.25) is 0 Å². The summed E-state index contributed by atoms with van der Waals surface area (Å²) in [5, 5.41) is 0. The summed E-state index contributed by atoms with van der Waals surface area (Å²) in [5.74, 6) is 0. The largest absolute Gasteiger partial charge is 0.368 e. The van der Waals surface area contributed by atoms with Crippen LogP contribution in [-0.2, 0) is 10.0 Å². The van der Waals surface area contributed by atoms with Crippen molar-refractivity contribution in [3.05, 3.63) is 14.7 Å². The molecule has 8 heteroatoms. The molecule has 0 amide bonds. The molecule has 0 N–H and O–H groups in total. The molecule has 0 spiro atoms. The van der Waals surface area contributed by atoms with Crippen molar-refractivity contribution in [2.45, 2.75) is 4.90 Å². The molecule has 0 aliphatic carbocycles. The van der Waals surface area contributed by atoms with Crippen LogP contribution in [0.3, 0.4) is 0 Å². The summed E-state index contributed by atoms with van der Waals surface area (Å²) in [7, 11) is -0.408. The zero-order valence-electron chi connectivity index (χ0n) is 7.94. The molecule has 0 unspecified atom stereocenters. The van der Waals surface area contributed by atoms with Crippen LogP contribution in [0.1, 0.15) is 0 Å². The first-order valence-electron chi connectivity index (χ1n) is 3.74. The molecule has 0 saturated heterocycles. The van der Waals surface area contributed by atoms with Gasteiger partial charge < -0.3 is 4.90 Å². The normalized spacial score (nSPS) is 12.3. The van der Waals surface area contributed by atoms with Crippen LogP contribution in [0.2, 0.25) is 8.67 Å². The van der Waals surface area contributed by atoms with Gasteiger partial charge >= 0.3 is 0 Å². The third-order valence-electron chi connectivity index (χ3n) is 1.32. The minimum atomic E-state index is -3.74. The summed E-state index contributed by atoms with van der Waals surface area (Å²) in [6.07, 6.45) is 1.19. The molecule has 0 atom stereocenters. The molecule has 15 heavy (non-hydrogen) atoms. The molecule has 1 rings (SSSR count). The smallest absolute Gasteiger partial charge is 0.286 e. The van der Waals surface area contributed by atoms with Crippen LogP contribution < -0.4 is 0 Å². The van der Waals surface area contributed by atoms with Crippen molar-refractivity contribution in [3.8, 4) is 0 Å². The van der Waals surface area contributed by atoms with E-state index in [4.69, 9.17) is 23.2 Å². The van der Waals surface area contributed by atoms with Crippen LogP contribution in [0.5, 0.6) is 0 Å². The number of hydrogen-bond donors (Lipinski definition) is 0. The van der Waals surface area contributed by atoms with E-state index in [0.29, 0.717) is 4.34 Å². The van der Waals surface area contributed by atoms with Gasteiger partial charge in [0, 0.05) is 14.1 Å². The maximum absolute atomic E-state index is 11.6. The molecule has 0 saturated carbocycles. The highest BCUT2D eigenvalue weighted by atomic mass is 35.5. The molecule has 0 radical (unpaired) electrons. The van der Waals surface area contributed by atoms with Gasteiger partial charge in [-0.1, -0.05) is 23.2 Å². The van der Waals surface area contributed by atoms with Crippen molar-refractivity contribution < 1.29 is 8.42 Å². The highest BCUT2D eigenvalue weighted by Crippen LogP contribution is 2.34. The highest BCUT2D eigenvalue weighted by Gasteiger charge is 2.19. The van der Waals surface area contributed by atoms with Crippen molar-refractivity contribution in [1.82, 2.24) is 4.90 Å². The standard InChI is InChI=1S/C7H8Cl2N2O2S2/c1-11(2)4-10-15(12,13)5-3-6(8)14-7(5)9/h3-4H,1-2H3. The summed E-state index contributed by atoms with van der Waals surface area (Å²) in [5.41, 5.74) is 0. The summed E-state index contributed by atoms with van der Waals surface area (Å²) >= 11 is 12.3. The van der Waals surface area contributed by atoms with Crippen LogP contribution in [-0.4, -0.2) is 33.8 Å². The van der Waals surface area contributed by atoms with Gasteiger partial charge in [-0.3, -0.25) is 0 Å². The number of nitrogens with zero attached hydrogens (tertiary/aromatic N) is 2. The Morgan fingerprint density at radius 1 is 1.47 bits per heavy atom. The van der Waals surface area contributed by atoms with E-state index in [1.165, 1.54) is 17.3 Å². The Hall–Kier alpha value is -0.300. The fourth-order valence-electron chi connectivity index (χ4n) is 0.714. The second kappa shape index (κ2) is 4.69. The third kappa shape index (κ3) is 3.34. The number of rotatable bonds is 3. The topological polar surface area (TPSA) is 49.7 Å². The molecule has 4 nitrogen and oxygen atoms in total. The molecular formula is C7H8Cl2N2O2S2. The van der Waals surface area contributed by atoms with Crippen molar-refractivity contribution in [2.24, 2.45) is 4.40 Å². The van der Waals surface area contributed by atoms with Gasteiger partial charge in [-0.05, 0) is 6.07 Å². The monoisotopic (exact) mass is 286 g/mol. The Labute approximate surface area is 102 Å². The van der Waals surface area contributed by atoms with E-state index in [1.807, 2.05) is 0 Å². The zero-order valence-corrected chi connectivity index (χ0v) is 11.1. The number of halogens is 2. The van der Waals surface area contributed by atoms with Crippen LogP contribution >= 0.6 is 34.5 Å². The maximum Gasteiger partial charge on any atom is 0.286 e. The van der Waals surface area contributed by atoms with Crippen molar-refractivity contribution in [3.63, 3.8) is 0 Å². The Kier molecular flexibility index (Phi) is 3.99. The van der Waals surface area contributed by atoms with E-state index >= 15 is 0 Å². The summed E-state index contributed by atoms with van der Waals surface area (Å²) in [6.45, 7) is 0. The molecule has 0 fully saturated rings. The van der Waals surface area contributed by atoms with Crippen molar-refractivity contribution in [1.29, 1.82) is 0 Å². The lowest BCUT2D eigenvalue weighted by Crippen LogP contribution is -2.10. The highest BCUT2D eigenvalue weighted by molar-refractivity contribution is 7.90. The lowest BCUT2D eigenvalue weighted by molar-refractivity contribution is 0.595. The van der Waals surface area contributed by atoms with E-state index in [1.54, 1.807) is 14.1 Å². The lowest BCUT2D eigenvalue weighted by atomic mass is 10.7. The Bertz CT molecular complexity index is 479. The predicted molar refractivity (Wildman–Crippen MR) is 63.7 cm³/mol. The molecule has 0 bridgehead atoms. The SMILES string of the molecule is CN(C)C=NS(=O)(=O)c1cc(Cl)sc1Cl. The van der Waals surface area contributed by atoms with Gasteiger partial charge in [0.15, 0.2) is 0 Å². The number of thiophene rings is 1. The Balaban J connectivity index is 3.12. The third-order valence-corrected chi connectivity index (χ3v) is 4.30. The minimum Gasteiger partial charge on any atom is -0.368 e. The average molecular weight is 287 g/mol. The van der Waals surface area contributed by atoms with Crippen molar-refractivity contribution in [2.75, 3.05) is 14.1 Å². The molecule has 0 aromatic carbocycles. The fourth-order valence-corrected chi connectivity index (χ4v) is 3.75. The lowest BCUT2D eigenvalue weighted by Gasteiger charge is -2.02. The van der Waals surface area contributed by atoms with Gasteiger partial charge in [0.05, 0.1) is 4.34 Å². The first kappa shape index (κ1) is 12.8. The molecule has 84 valence electrons. The number of sulfonamides is 1. The van der Waals surface area contributed by atoms with Gasteiger partial charge in [-0.15, -0.1) is 15.7 Å². The van der Waals surface area contributed by atoms with E-state index in [0.717, 1.165) is 11.3 Å². The molecule has 1 aromatic rings. The molecule has 0 aliphatic heterocycles. The predicted octanol–water partition coefficient (Wildman–Crippen LogP) is 2.33. The first-order chi connectivity index (χ1) is 6.83. The van der Waals surface area contributed by atoms with Gasteiger partial charge in [-0.2, -0.15) is 8.42 Å². The maximum atomic E-state index is 11.6. The summed E-state index contributed by atoms with van der Waals surface area (Å²) in [6, 6.07) is 1.29. The van der Waals surface area contributed by atoms with Crippen LogP contribution in [0.25, 0.3) is 0 Å². The average Bonchev–Trinajstić information content (AvgIpc) is 2.43. The van der Waals surface area contributed by atoms with Gasteiger partial charge in [0.1, 0.15) is 15.6 Å². The summed E-state index contributed by atoms with van der Waals surface area (Å²) in [4.78, 5) is 1.46. The summed E-state index contributed by atoms with van der Waals surface area (Å²) < 4.78 is 27.1. The molecule has 1 aromatic heterocycles. The van der Waals surface area contributed by atoms with Gasteiger partial charge in [-0.25, -0.2) is 0 Å². The fraction of sp³-hybridized carbons (Fsp3) is 0.286. The Morgan fingerprint density at radius 3 is 2.47 bits per heavy atom. The van der Waals surface area contributed by atoms with Crippen LogP contribution in [0.15, 0.2) is 15.4 Å². The molecule has 0 aliphatic rings. The van der Waals surface area contributed by atoms with E-state index in [9.17, 15) is 8.42 Å². The van der Waals surface area contributed by atoms with E-state index in [2.05, 4.69) is 4.40 Å². The van der Waals surface area contributed by atoms with Gasteiger partial charge in [0.25, 0.3) is 10.0 Å². The number of hydrogen-bond acceptors (Lipinski definition) is 3. The zero-order chi connectivity index (χ0) is 11.6. The Morgan fingerprint density at radius 2 is 2.07 bits per heavy atom. The molecule has 1 heterocycles. The first-order valence-corrected chi connectivity index (χ1v) is 6.76. The van der Waals surface area contributed by atoms with E-state index < -0.39 is 10.0 Å². The van der Waals surface area contributed by atoms with E-state index in [-0.39, 0.29) is 9.23 Å².